The average molecular weight is 259 g/mol. The highest BCUT2D eigenvalue weighted by atomic mass is 19.1. The van der Waals surface area contributed by atoms with Crippen LogP contribution in [0.25, 0.3) is 0 Å². The lowest BCUT2D eigenvalue weighted by molar-refractivity contribution is 0.343. The molecule has 98 valence electrons. The molecule has 1 heterocycles. The third kappa shape index (κ3) is 2.46. The third-order valence-electron chi connectivity index (χ3n) is 3.54. The van der Waals surface area contributed by atoms with Crippen LogP contribution in [0.1, 0.15) is 22.9 Å². The van der Waals surface area contributed by atoms with Crippen LogP contribution in [-0.4, -0.2) is 6.54 Å². The molecule has 0 saturated carbocycles. The normalized spacial score (nSPS) is 14.8. The van der Waals surface area contributed by atoms with Crippen LogP contribution in [0.4, 0.5) is 14.5 Å². The van der Waals surface area contributed by atoms with E-state index >= 15 is 0 Å². The molecule has 19 heavy (non-hydrogen) atoms. The van der Waals surface area contributed by atoms with Crippen LogP contribution in [-0.2, 0) is 12.8 Å². The van der Waals surface area contributed by atoms with Crippen molar-refractivity contribution in [3.8, 4) is 0 Å². The summed E-state index contributed by atoms with van der Waals surface area (Å²) in [6.07, 6.45) is 0.163. The van der Waals surface area contributed by atoms with E-state index in [1.165, 1.54) is 17.7 Å². The fraction of sp³-hybridized carbons (Fsp3) is 0.250. The Morgan fingerprint density at radius 1 is 1.11 bits per heavy atom. The summed E-state index contributed by atoms with van der Waals surface area (Å²) in [4.78, 5) is 0. The fourth-order valence-corrected chi connectivity index (χ4v) is 2.56. The van der Waals surface area contributed by atoms with Gasteiger partial charge in [0.15, 0.2) is 0 Å². The summed E-state index contributed by atoms with van der Waals surface area (Å²) in [6.45, 7) is 0.871. The number of rotatable bonds is 3. The molecule has 2 aromatic rings. The highest BCUT2D eigenvalue weighted by Crippen LogP contribution is 2.34. The summed E-state index contributed by atoms with van der Waals surface area (Å²) in [5.41, 5.74) is 3.64. The summed E-state index contributed by atoms with van der Waals surface area (Å²) < 4.78 is 27.3. The molecule has 0 bridgehead atoms. The Hall–Kier alpha value is -1.90. The lowest BCUT2D eigenvalue weighted by atomic mass is 9.99. The first-order valence-electron chi connectivity index (χ1n) is 6.48. The van der Waals surface area contributed by atoms with Gasteiger partial charge in [-0.3, -0.25) is 0 Å². The van der Waals surface area contributed by atoms with Crippen molar-refractivity contribution in [3.05, 3.63) is 65.0 Å². The zero-order valence-corrected chi connectivity index (χ0v) is 10.5. The van der Waals surface area contributed by atoms with Gasteiger partial charge in [-0.25, -0.2) is 8.78 Å². The van der Waals surface area contributed by atoms with Crippen molar-refractivity contribution >= 4 is 5.69 Å². The molecule has 0 radical (unpaired) electrons. The Morgan fingerprint density at radius 2 is 1.89 bits per heavy atom. The van der Waals surface area contributed by atoms with Gasteiger partial charge >= 0.3 is 0 Å². The van der Waals surface area contributed by atoms with E-state index < -0.39 is 6.17 Å². The predicted octanol–water partition coefficient (Wildman–Crippen LogP) is 4.05. The first-order valence-corrected chi connectivity index (χ1v) is 6.48. The maximum atomic E-state index is 14.4. The summed E-state index contributed by atoms with van der Waals surface area (Å²) in [6, 6.07) is 11.8. The summed E-state index contributed by atoms with van der Waals surface area (Å²) in [5, 5.41) is 3.24. The quantitative estimate of drug-likeness (QED) is 0.877. The van der Waals surface area contributed by atoms with Gasteiger partial charge in [0.05, 0.1) is 0 Å². The second-order valence-electron chi connectivity index (χ2n) is 4.86. The average Bonchev–Trinajstić information content (AvgIpc) is 2.89. The van der Waals surface area contributed by atoms with Crippen LogP contribution in [0.3, 0.4) is 0 Å². The smallest absolute Gasteiger partial charge is 0.131 e. The Labute approximate surface area is 111 Å². The van der Waals surface area contributed by atoms with E-state index in [4.69, 9.17) is 0 Å². The van der Waals surface area contributed by atoms with Crippen LogP contribution in [0, 0.1) is 5.82 Å². The molecule has 1 aliphatic rings. The van der Waals surface area contributed by atoms with Gasteiger partial charge in [0.1, 0.15) is 12.0 Å². The lowest BCUT2D eigenvalue weighted by Crippen LogP contribution is -2.02. The number of alkyl halides is 1. The maximum absolute atomic E-state index is 14.4. The number of anilines is 1. The third-order valence-corrected chi connectivity index (χ3v) is 3.54. The maximum Gasteiger partial charge on any atom is 0.131 e. The van der Waals surface area contributed by atoms with Gasteiger partial charge in [0.25, 0.3) is 0 Å². The van der Waals surface area contributed by atoms with E-state index in [0.29, 0.717) is 5.56 Å². The fourth-order valence-electron chi connectivity index (χ4n) is 2.56. The van der Waals surface area contributed by atoms with Gasteiger partial charge in [-0.1, -0.05) is 30.3 Å². The van der Waals surface area contributed by atoms with Crippen LogP contribution < -0.4 is 5.32 Å². The number of nitrogens with one attached hydrogen (secondary N) is 1. The molecule has 1 unspecified atom stereocenters. The lowest BCUT2D eigenvalue weighted by Gasteiger charge is -2.13. The van der Waals surface area contributed by atoms with Crippen molar-refractivity contribution in [1.29, 1.82) is 0 Å². The molecule has 0 aliphatic carbocycles. The van der Waals surface area contributed by atoms with Crippen LogP contribution in [0.15, 0.2) is 42.5 Å². The van der Waals surface area contributed by atoms with Crippen molar-refractivity contribution in [2.45, 2.75) is 19.0 Å². The van der Waals surface area contributed by atoms with Crippen molar-refractivity contribution in [3.63, 3.8) is 0 Å². The standard InChI is InChI=1S/C16H15F2N/c17-13-6-4-11(5-7-13)10-15(18)14-3-1-2-12-8-9-19-16(12)14/h1-7,15,19H,8-10H2. The number of hydrogen-bond acceptors (Lipinski definition) is 1. The molecule has 1 atom stereocenters. The Bertz CT molecular complexity index is 578. The van der Waals surface area contributed by atoms with Gasteiger partial charge in [-0.05, 0) is 29.7 Å². The molecule has 0 fully saturated rings. The van der Waals surface area contributed by atoms with Crippen molar-refractivity contribution in [1.82, 2.24) is 0 Å². The van der Waals surface area contributed by atoms with E-state index in [9.17, 15) is 8.78 Å². The Balaban J connectivity index is 1.83. The minimum atomic E-state index is -1.06. The summed E-state index contributed by atoms with van der Waals surface area (Å²) >= 11 is 0. The van der Waals surface area contributed by atoms with Crippen molar-refractivity contribution in [2.24, 2.45) is 0 Å². The molecule has 3 heteroatoms. The first kappa shape index (κ1) is 12.2. The SMILES string of the molecule is Fc1ccc(CC(F)c2cccc3c2NCC3)cc1. The van der Waals surface area contributed by atoms with Crippen LogP contribution >= 0.6 is 0 Å². The minimum absolute atomic E-state index is 0.276. The first-order chi connectivity index (χ1) is 9.24. The zero-order valence-electron chi connectivity index (χ0n) is 10.5. The molecule has 0 aromatic heterocycles. The number of para-hydroxylation sites is 1. The second-order valence-corrected chi connectivity index (χ2v) is 4.86. The van der Waals surface area contributed by atoms with Gasteiger partial charge in [0, 0.05) is 24.2 Å². The second kappa shape index (κ2) is 5.00. The van der Waals surface area contributed by atoms with Crippen LogP contribution in [0.5, 0.6) is 0 Å². The van der Waals surface area contributed by atoms with E-state index in [1.54, 1.807) is 12.1 Å². The predicted molar refractivity (Wildman–Crippen MR) is 72.6 cm³/mol. The molecule has 0 amide bonds. The van der Waals surface area contributed by atoms with Crippen LogP contribution in [0.2, 0.25) is 0 Å². The number of fused-ring (bicyclic) bond motifs is 1. The zero-order chi connectivity index (χ0) is 13.2. The van der Waals surface area contributed by atoms with Crippen molar-refractivity contribution in [2.75, 3.05) is 11.9 Å². The van der Waals surface area contributed by atoms with Gasteiger partial charge in [0.2, 0.25) is 0 Å². The van der Waals surface area contributed by atoms with Gasteiger partial charge in [-0.15, -0.1) is 0 Å². The molecule has 0 saturated heterocycles. The largest absolute Gasteiger partial charge is 0.384 e. The molecule has 0 spiro atoms. The highest BCUT2D eigenvalue weighted by molar-refractivity contribution is 5.62. The number of halogens is 2. The molecule has 2 aromatic carbocycles. The highest BCUT2D eigenvalue weighted by Gasteiger charge is 2.20. The summed E-state index contributed by atoms with van der Waals surface area (Å²) in [7, 11) is 0. The minimum Gasteiger partial charge on any atom is -0.384 e. The Kier molecular flexibility index (Phi) is 3.20. The molecular formula is C16H15F2N. The molecule has 3 rings (SSSR count). The van der Waals surface area contributed by atoms with E-state index in [0.717, 1.165) is 24.2 Å². The topological polar surface area (TPSA) is 12.0 Å². The van der Waals surface area contributed by atoms with Gasteiger partial charge < -0.3 is 5.32 Å². The summed E-state index contributed by atoms with van der Waals surface area (Å²) in [5.74, 6) is -0.290. The van der Waals surface area contributed by atoms with E-state index in [2.05, 4.69) is 5.32 Å². The van der Waals surface area contributed by atoms with Gasteiger partial charge in [-0.2, -0.15) is 0 Å². The molecule has 1 aliphatic heterocycles. The Morgan fingerprint density at radius 3 is 2.68 bits per heavy atom. The van der Waals surface area contributed by atoms with Crippen molar-refractivity contribution < 1.29 is 8.78 Å². The monoisotopic (exact) mass is 259 g/mol. The molecular weight excluding hydrogens is 244 g/mol. The molecule has 1 nitrogen and oxygen atoms in total. The molecule has 1 N–H and O–H groups in total. The van der Waals surface area contributed by atoms with E-state index in [-0.39, 0.29) is 12.2 Å². The number of hydrogen-bond donors (Lipinski definition) is 1. The number of benzene rings is 2. The van der Waals surface area contributed by atoms with E-state index in [1.807, 2.05) is 18.2 Å².